The van der Waals surface area contributed by atoms with Crippen LogP contribution in [0.2, 0.25) is 0 Å². The molecule has 2 heterocycles. The molecule has 1 saturated carbocycles. The maximum Gasteiger partial charge on any atom is 0.242 e. The van der Waals surface area contributed by atoms with Crippen molar-refractivity contribution < 1.29 is 9.59 Å². The highest BCUT2D eigenvalue weighted by Crippen LogP contribution is 2.35. The Bertz CT molecular complexity index is 1220. The van der Waals surface area contributed by atoms with Gasteiger partial charge in [0.25, 0.3) is 0 Å². The van der Waals surface area contributed by atoms with Gasteiger partial charge in [-0.05, 0) is 56.0 Å². The number of aromatic nitrogens is 2. The minimum absolute atomic E-state index is 0.0485. The molecule has 0 N–H and O–H groups in total. The third-order valence-electron chi connectivity index (χ3n) is 7.85. The highest BCUT2D eigenvalue weighted by atomic mass is 16.2. The Morgan fingerprint density at radius 2 is 1.82 bits per heavy atom. The highest BCUT2D eigenvalue weighted by Gasteiger charge is 2.36. The van der Waals surface area contributed by atoms with Crippen LogP contribution in [0.5, 0.6) is 0 Å². The molecule has 0 spiro atoms. The molecule has 1 aromatic heterocycles. The van der Waals surface area contributed by atoms with Gasteiger partial charge in [0, 0.05) is 37.7 Å². The Morgan fingerprint density at radius 3 is 2.62 bits per heavy atom. The lowest BCUT2D eigenvalue weighted by atomic mass is 9.94. The third kappa shape index (κ3) is 4.10. The molecule has 2 aromatic carbocycles. The van der Waals surface area contributed by atoms with Crippen molar-refractivity contribution in [2.45, 2.75) is 70.9 Å². The molecular weight excluding hydrogens is 424 g/mol. The Morgan fingerprint density at radius 1 is 1.06 bits per heavy atom. The van der Waals surface area contributed by atoms with Gasteiger partial charge >= 0.3 is 0 Å². The summed E-state index contributed by atoms with van der Waals surface area (Å²) >= 11 is 0. The molecular formula is C28H34N4O2. The lowest BCUT2D eigenvalue weighted by Gasteiger charge is -2.31. The molecule has 6 nitrogen and oxygen atoms in total. The van der Waals surface area contributed by atoms with Crippen molar-refractivity contribution >= 4 is 28.5 Å². The summed E-state index contributed by atoms with van der Waals surface area (Å²) in [6.07, 6.45) is 6.23. The van der Waals surface area contributed by atoms with Gasteiger partial charge in [-0.15, -0.1) is 0 Å². The fraction of sp³-hybridized carbons (Fsp3) is 0.464. The second-order valence-corrected chi connectivity index (χ2v) is 9.97. The van der Waals surface area contributed by atoms with E-state index < -0.39 is 0 Å². The van der Waals surface area contributed by atoms with Gasteiger partial charge in [0.1, 0.15) is 12.4 Å². The Labute approximate surface area is 201 Å². The first-order chi connectivity index (χ1) is 16.4. The molecule has 1 atom stereocenters. The average molecular weight is 459 g/mol. The van der Waals surface area contributed by atoms with Crippen molar-refractivity contribution in [1.82, 2.24) is 14.5 Å². The molecule has 3 aromatic rings. The van der Waals surface area contributed by atoms with Crippen LogP contribution in [0, 0.1) is 13.8 Å². The van der Waals surface area contributed by atoms with E-state index in [-0.39, 0.29) is 24.3 Å². The predicted molar refractivity (Wildman–Crippen MR) is 135 cm³/mol. The van der Waals surface area contributed by atoms with Crippen LogP contribution in [0.4, 0.5) is 5.69 Å². The van der Waals surface area contributed by atoms with E-state index in [1.807, 2.05) is 53.2 Å². The standard InChI is InChI=1S/C28H34N4O2/c1-19-10-9-15-24(20(19)2)31-17-21(16-26(31)33)28-29-23-13-7-8-14-25(23)32(28)18-27(34)30(3)22-11-5-4-6-12-22/h7-10,13-15,21-22H,4-6,11-12,16-18H2,1-3H3. The molecule has 1 aliphatic heterocycles. The van der Waals surface area contributed by atoms with Crippen molar-refractivity contribution in [1.29, 1.82) is 0 Å². The maximum absolute atomic E-state index is 13.4. The normalized spacial score (nSPS) is 19.2. The number of hydrogen-bond acceptors (Lipinski definition) is 3. The van der Waals surface area contributed by atoms with Crippen molar-refractivity contribution in [2.75, 3.05) is 18.5 Å². The number of nitrogens with zero attached hydrogens (tertiary/aromatic N) is 4. The summed E-state index contributed by atoms with van der Waals surface area (Å²) in [6.45, 7) is 4.99. The van der Waals surface area contributed by atoms with Crippen LogP contribution in [0.25, 0.3) is 11.0 Å². The Balaban J connectivity index is 1.45. The highest BCUT2D eigenvalue weighted by molar-refractivity contribution is 5.97. The largest absolute Gasteiger partial charge is 0.341 e. The molecule has 6 heteroatoms. The van der Waals surface area contributed by atoms with Gasteiger partial charge in [0.15, 0.2) is 0 Å². The summed E-state index contributed by atoms with van der Waals surface area (Å²) in [5.41, 5.74) is 5.12. The zero-order valence-electron chi connectivity index (χ0n) is 20.5. The van der Waals surface area contributed by atoms with Crippen LogP contribution in [0.3, 0.4) is 0 Å². The third-order valence-corrected chi connectivity index (χ3v) is 7.85. The molecule has 2 fully saturated rings. The van der Waals surface area contributed by atoms with E-state index in [0.717, 1.165) is 41.0 Å². The van der Waals surface area contributed by atoms with E-state index in [4.69, 9.17) is 4.98 Å². The first-order valence-corrected chi connectivity index (χ1v) is 12.5. The second kappa shape index (κ2) is 9.24. The summed E-state index contributed by atoms with van der Waals surface area (Å²) in [5, 5.41) is 0. The zero-order valence-corrected chi connectivity index (χ0v) is 20.5. The number of aryl methyl sites for hydroxylation is 1. The van der Waals surface area contributed by atoms with Crippen LogP contribution < -0.4 is 4.90 Å². The smallest absolute Gasteiger partial charge is 0.242 e. The molecule has 5 rings (SSSR count). The minimum atomic E-state index is -0.0485. The number of benzene rings is 2. The summed E-state index contributed by atoms with van der Waals surface area (Å²) in [6, 6.07) is 14.4. The number of likely N-dealkylation sites (N-methyl/N-ethyl adjacent to an activating group) is 1. The number of hydrogen-bond donors (Lipinski definition) is 0. The number of anilines is 1. The van der Waals surface area contributed by atoms with E-state index in [0.29, 0.717) is 19.0 Å². The average Bonchev–Trinajstić information content (AvgIpc) is 3.41. The monoisotopic (exact) mass is 458 g/mol. The van der Waals surface area contributed by atoms with Gasteiger partial charge in [0.2, 0.25) is 11.8 Å². The molecule has 1 unspecified atom stereocenters. The van der Waals surface area contributed by atoms with Crippen LogP contribution in [0.15, 0.2) is 42.5 Å². The second-order valence-electron chi connectivity index (χ2n) is 9.97. The van der Waals surface area contributed by atoms with Gasteiger partial charge < -0.3 is 14.4 Å². The van der Waals surface area contributed by atoms with Crippen molar-refractivity contribution in [3.8, 4) is 0 Å². The number of para-hydroxylation sites is 2. The van der Waals surface area contributed by atoms with Gasteiger partial charge in [-0.2, -0.15) is 0 Å². The van der Waals surface area contributed by atoms with Gasteiger partial charge in [-0.3, -0.25) is 9.59 Å². The number of amides is 2. The van der Waals surface area contributed by atoms with Crippen molar-refractivity contribution in [3.05, 3.63) is 59.4 Å². The minimum Gasteiger partial charge on any atom is -0.341 e. The van der Waals surface area contributed by atoms with Gasteiger partial charge in [-0.1, -0.05) is 43.5 Å². The van der Waals surface area contributed by atoms with Gasteiger partial charge in [0.05, 0.1) is 11.0 Å². The van der Waals surface area contributed by atoms with E-state index in [1.54, 1.807) is 0 Å². The number of imidazole rings is 1. The van der Waals surface area contributed by atoms with E-state index in [1.165, 1.54) is 24.8 Å². The molecule has 34 heavy (non-hydrogen) atoms. The van der Waals surface area contributed by atoms with Crippen LogP contribution in [-0.4, -0.2) is 45.9 Å². The zero-order chi connectivity index (χ0) is 23.8. The molecule has 2 amide bonds. The lowest BCUT2D eigenvalue weighted by molar-refractivity contribution is -0.133. The molecule has 2 aliphatic rings. The number of rotatable bonds is 5. The van der Waals surface area contributed by atoms with Crippen LogP contribution in [-0.2, 0) is 16.1 Å². The maximum atomic E-state index is 13.4. The number of carbonyl (C=O) groups is 2. The Kier molecular flexibility index (Phi) is 6.15. The molecule has 178 valence electrons. The Hall–Kier alpha value is -3.15. The van der Waals surface area contributed by atoms with Crippen molar-refractivity contribution in [2.24, 2.45) is 0 Å². The summed E-state index contributed by atoms with van der Waals surface area (Å²) in [4.78, 5) is 35.2. The fourth-order valence-corrected chi connectivity index (χ4v) is 5.63. The molecule has 1 aliphatic carbocycles. The number of fused-ring (bicyclic) bond motifs is 1. The van der Waals surface area contributed by atoms with Crippen molar-refractivity contribution in [3.63, 3.8) is 0 Å². The number of carbonyl (C=O) groups excluding carboxylic acids is 2. The van der Waals surface area contributed by atoms with Crippen LogP contribution in [0.1, 0.15) is 61.4 Å². The van der Waals surface area contributed by atoms with E-state index >= 15 is 0 Å². The summed E-state index contributed by atoms with van der Waals surface area (Å²) < 4.78 is 2.06. The first kappa shape index (κ1) is 22.6. The first-order valence-electron chi connectivity index (χ1n) is 12.5. The molecule has 1 saturated heterocycles. The SMILES string of the molecule is Cc1cccc(N2CC(c3nc4ccccc4n3CC(=O)N(C)C3CCCCC3)CC2=O)c1C. The quantitative estimate of drug-likeness (QED) is 0.543. The lowest BCUT2D eigenvalue weighted by Crippen LogP contribution is -2.40. The topological polar surface area (TPSA) is 58.4 Å². The van der Waals surface area contributed by atoms with E-state index in [9.17, 15) is 9.59 Å². The molecule has 0 radical (unpaired) electrons. The van der Waals surface area contributed by atoms with E-state index in [2.05, 4.69) is 24.5 Å². The summed E-state index contributed by atoms with van der Waals surface area (Å²) in [7, 11) is 1.94. The van der Waals surface area contributed by atoms with Crippen LogP contribution >= 0.6 is 0 Å². The predicted octanol–water partition coefficient (Wildman–Crippen LogP) is 4.96. The molecule has 0 bridgehead atoms. The summed E-state index contributed by atoms with van der Waals surface area (Å²) in [5.74, 6) is 1.02. The fourth-order valence-electron chi connectivity index (χ4n) is 5.63. The van der Waals surface area contributed by atoms with Gasteiger partial charge in [-0.25, -0.2) is 4.98 Å².